The van der Waals surface area contributed by atoms with Crippen molar-refractivity contribution in [1.29, 1.82) is 0 Å². The van der Waals surface area contributed by atoms with Crippen molar-refractivity contribution >= 4 is 135 Å². The molecule has 13 aromatic carbocycles. The SMILES string of the molecule is COCCOCCOCC1N(c2ccccc2)CC23C4=c5ccc6c7ccc8c9ccc%10c%11ccc%12c%13c(c%14c%15c2c5c6c2c7c8c5c9c%10c(c%13%11)c%14c5c%152)C13C=%12C=C4. The smallest absolute Gasteiger partial charge is 0.0701 e. The molecule has 5 aliphatic rings. The molecule has 1 fully saturated rings. The number of ether oxygens (including phenoxy) is 3. The zero-order chi connectivity index (χ0) is 36.9. The predicted octanol–water partition coefficient (Wildman–Crippen LogP) is 9.83. The molecule has 1 aliphatic heterocycles. The standard InChI is InChI=1S/C54H31NO3/c1-56-17-18-57-19-20-58-21-34-54-33-16-15-32-30-13-11-28-26-9-7-24-25-8-10-27-29-12-14-31(33)42-40(29)45-38(27)36(25)43-35(24)37(26)44-39(28)41(30)51(49-47(44)46(43)48(45)50(49)52(42)54)53(32,54)22-55(34)23-5-3-2-4-6-23/h2-16,34H,17-22H2,1H3. The molecule has 2 spiro atoms. The summed E-state index contributed by atoms with van der Waals surface area (Å²) in [7, 11) is 1.73. The summed E-state index contributed by atoms with van der Waals surface area (Å²) in [5.41, 5.74) is 6.85. The van der Waals surface area contributed by atoms with Gasteiger partial charge in [0.15, 0.2) is 0 Å². The van der Waals surface area contributed by atoms with Gasteiger partial charge in [0.25, 0.3) is 0 Å². The van der Waals surface area contributed by atoms with Gasteiger partial charge in [-0.25, -0.2) is 0 Å². The molecule has 0 N–H and O–H groups in total. The largest absolute Gasteiger partial charge is 0.382 e. The van der Waals surface area contributed by atoms with E-state index in [0.29, 0.717) is 33.0 Å². The number of methoxy groups -OCH3 is 1. The molecule has 0 saturated carbocycles. The average Bonchev–Trinajstić information content (AvgIpc) is 4.11. The number of para-hydroxylation sites is 1. The maximum Gasteiger partial charge on any atom is 0.0701 e. The van der Waals surface area contributed by atoms with Crippen molar-refractivity contribution in [3.05, 3.63) is 113 Å². The average molecular weight is 742 g/mol. The molecule has 0 radical (unpaired) electrons. The van der Waals surface area contributed by atoms with Crippen molar-refractivity contribution in [1.82, 2.24) is 0 Å². The molecule has 3 unspecified atom stereocenters. The second kappa shape index (κ2) is 8.41. The highest BCUT2D eigenvalue weighted by Gasteiger charge is 2.74. The van der Waals surface area contributed by atoms with Crippen molar-refractivity contribution in [3.8, 4) is 0 Å². The molecule has 0 amide bonds. The molecule has 4 nitrogen and oxygen atoms in total. The summed E-state index contributed by atoms with van der Waals surface area (Å²) in [5.74, 6) is 0. The maximum absolute atomic E-state index is 6.93. The van der Waals surface area contributed by atoms with Gasteiger partial charge in [-0.15, -0.1) is 0 Å². The summed E-state index contributed by atoms with van der Waals surface area (Å²) in [6.07, 6.45) is 5.14. The topological polar surface area (TPSA) is 30.9 Å². The summed E-state index contributed by atoms with van der Waals surface area (Å²) in [4.78, 5) is 2.78. The van der Waals surface area contributed by atoms with Crippen LogP contribution >= 0.6 is 0 Å². The highest BCUT2D eigenvalue weighted by Crippen LogP contribution is 2.76. The summed E-state index contributed by atoms with van der Waals surface area (Å²) in [6, 6.07) is 31.3. The number of hydrogen-bond acceptors (Lipinski definition) is 4. The first kappa shape index (κ1) is 28.4. The first-order valence-electron chi connectivity index (χ1n) is 21.2. The molecule has 4 heteroatoms. The lowest BCUT2D eigenvalue weighted by Crippen LogP contribution is -2.56. The first-order chi connectivity index (χ1) is 28.8. The Morgan fingerprint density at radius 1 is 0.483 bits per heavy atom. The molecule has 1 heterocycles. The van der Waals surface area contributed by atoms with E-state index in [9.17, 15) is 0 Å². The van der Waals surface area contributed by atoms with E-state index in [0.717, 1.165) is 6.54 Å². The molecule has 270 valence electrons. The molecule has 0 bridgehead atoms. The number of benzene rings is 9. The number of fused-ring (bicyclic) bond motifs is 3. The van der Waals surface area contributed by atoms with Gasteiger partial charge in [0.05, 0.1) is 49.9 Å². The predicted molar refractivity (Wildman–Crippen MR) is 238 cm³/mol. The zero-order valence-corrected chi connectivity index (χ0v) is 31.7. The Morgan fingerprint density at radius 2 is 0.966 bits per heavy atom. The van der Waals surface area contributed by atoms with Crippen molar-refractivity contribution in [3.63, 3.8) is 0 Å². The third-order valence-corrected chi connectivity index (χ3v) is 17.0. The van der Waals surface area contributed by atoms with Crippen LogP contribution in [0.1, 0.15) is 11.1 Å². The Bertz CT molecular complexity index is 4190. The number of nitrogens with zero attached hydrogens (tertiary/aromatic N) is 1. The van der Waals surface area contributed by atoms with Gasteiger partial charge in [0, 0.05) is 19.3 Å². The van der Waals surface area contributed by atoms with Crippen LogP contribution in [-0.2, 0) is 25.0 Å². The van der Waals surface area contributed by atoms with Crippen LogP contribution in [0.4, 0.5) is 5.69 Å². The number of hydrogen-bond donors (Lipinski definition) is 0. The molecule has 13 aromatic rings. The number of anilines is 1. The van der Waals surface area contributed by atoms with E-state index in [-0.39, 0.29) is 16.9 Å². The summed E-state index contributed by atoms with van der Waals surface area (Å²) < 4.78 is 18.2. The first-order valence-corrected chi connectivity index (χ1v) is 21.2. The Hall–Kier alpha value is -6.04. The fourth-order valence-electron chi connectivity index (χ4n) is 15.7. The van der Waals surface area contributed by atoms with Gasteiger partial charge in [-0.2, -0.15) is 0 Å². The van der Waals surface area contributed by atoms with Gasteiger partial charge in [-0.1, -0.05) is 78.9 Å². The van der Waals surface area contributed by atoms with Crippen LogP contribution in [0.25, 0.3) is 130 Å². The molecule has 3 atom stereocenters. The minimum absolute atomic E-state index is 0.0535. The van der Waals surface area contributed by atoms with Crippen LogP contribution in [0.3, 0.4) is 0 Å². The van der Waals surface area contributed by atoms with Gasteiger partial charge >= 0.3 is 0 Å². The second-order valence-electron chi connectivity index (χ2n) is 18.4. The number of rotatable bonds is 9. The van der Waals surface area contributed by atoms with Crippen molar-refractivity contribution in [2.75, 3.05) is 51.6 Å². The van der Waals surface area contributed by atoms with Gasteiger partial charge in [-0.05, 0) is 163 Å². The fraction of sp³-hybridized carbons (Fsp3) is 0.185. The van der Waals surface area contributed by atoms with Crippen LogP contribution < -0.4 is 15.3 Å². The lowest BCUT2D eigenvalue weighted by molar-refractivity contribution is 0.0190. The third kappa shape index (κ3) is 2.30. The molecule has 18 rings (SSSR count). The second-order valence-corrected chi connectivity index (χ2v) is 18.4. The van der Waals surface area contributed by atoms with Gasteiger partial charge in [0.2, 0.25) is 0 Å². The molecular formula is C54H31NO3. The molecule has 0 aromatic heterocycles. The van der Waals surface area contributed by atoms with Crippen LogP contribution in [0.2, 0.25) is 0 Å². The van der Waals surface area contributed by atoms with E-state index in [1.165, 1.54) is 119 Å². The van der Waals surface area contributed by atoms with Crippen molar-refractivity contribution in [2.24, 2.45) is 0 Å². The van der Waals surface area contributed by atoms with Crippen LogP contribution in [0.5, 0.6) is 0 Å². The Balaban J connectivity index is 1.12. The van der Waals surface area contributed by atoms with Gasteiger partial charge in [-0.3, -0.25) is 0 Å². The van der Waals surface area contributed by atoms with E-state index >= 15 is 0 Å². The summed E-state index contributed by atoms with van der Waals surface area (Å²) >= 11 is 0. The lowest BCUT2D eigenvalue weighted by Gasteiger charge is -2.52. The Morgan fingerprint density at radius 3 is 1.60 bits per heavy atom. The lowest BCUT2D eigenvalue weighted by atomic mass is 9.48. The molecule has 58 heavy (non-hydrogen) atoms. The van der Waals surface area contributed by atoms with E-state index in [2.05, 4.69) is 95.9 Å². The molecular weight excluding hydrogens is 711 g/mol. The van der Waals surface area contributed by atoms with Crippen LogP contribution in [0, 0.1) is 0 Å². The highest BCUT2D eigenvalue weighted by molar-refractivity contribution is 6.64. The highest BCUT2D eigenvalue weighted by atomic mass is 16.5. The van der Waals surface area contributed by atoms with Crippen LogP contribution in [-0.4, -0.2) is 52.7 Å². The van der Waals surface area contributed by atoms with E-state index in [4.69, 9.17) is 14.2 Å². The van der Waals surface area contributed by atoms with E-state index in [1.54, 1.807) is 45.2 Å². The Kier molecular flexibility index (Phi) is 4.12. The quantitative estimate of drug-likeness (QED) is 0.109. The van der Waals surface area contributed by atoms with Crippen molar-refractivity contribution < 1.29 is 14.2 Å². The van der Waals surface area contributed by atoms with Gasteiger partial charge < -0.3 is 19.1 Å². The summed E-state index contributed by atoms with van der Waals surface area (Å²) in [6.45, 7) is 3.79. The zero-order valence-electron chi connectivity index (χ0n) is 31.7. The molecule has 1 saturated heterocycles. The molecule has 4 aliphatic carbocycles. The fourth-order valence-corrected chi connectivity index (χ4v) is 15.7. The van der Waals surface area contributed by atoms with Gasteiger partial charge in [0.1, 0.15) is 0 Å². The summed E-state index contributed by atoms with van der Waals surface area (Å²) in [5, 5.41) is 35.9. The van der Waals surface area contributed by atoms with E-state index in [1.807, 2.05) is 0 Å². The van der Waals surface area contributed by atoms with Crippen molar-refractivity contribution in [2.45, 2.75) is 16.9 Å². The number of allylic oxidation sites excluding steroid dienone is 2. The van der Waals surface area contributed by atoms with E-state index < -0.39 is 0 Å². The minimum Gasteiger partial charge on any atom is -0.382 e. The monoisotopic (exact) mass is 741 g/mol. The maximum atomic E-state index is 6.93. The van der Waals surface area contributed by atoms with Crippen LogP contribution in [0.15, 0.2) is 91.0 Å². The minimum atomic E-state index is -0.356. The third-order valence-electron chi connectivity index (χ3n) is 17.0. The normalized spacial score (nSPS) is 23.2. The Labute approximate surface area is 329 Å².